The van der Waals surface area contributed by atoms with Crippen molar-refractivity contribution in [3.8, 4) is 0 Å². The molecule has 1 heterocycles. The topological polar surface area (TPSA) is 75.7 Å². The van der Waals surface area contributed by atoms with Gasteiger partial charge in [0, 0.05) is 0 Å². The van der Waals surface area contributed by atoms with Crippen LogP contribution in [0.1, 0.15) is 20.8 Å². The molecule has 0 radical (unpaired) electrons. The van der Waals surface area contributed by atoms with Gasteiger partial charge in [0.2, 0.25) is 11.8 Å². The van der Waals surface area contributed by atoms with E-state index >= 15 is 0 Å². The molecule has 1 fully saturated rings. The van der Waals surface area contributed by atoms with Crippen molar-refractivity contribution in [3.63, 3.8) is 0 Å². The minimum atomic E-state index is -0.489. The van der Waals surface area contributed by atoms with Crippen LogP contribution in [0, 0.1) is 0 Å². The van der Waals surface area contributed by atoms with Crippen LogP contribution in [0.5, 0.6) is 0 Å². The maximum absolute atomic E-state index is 11.4. The summed E-state index contributed by atoms with van der Waals surface area (Å²) in [5.41, 5.74) is 0. The van der Waals surface area contributed by atoms with Crippen LogP contribution >= 0.6 is 0 Å². The molecule has 0 aromatic rings. The third-order valence-corrected chi connectivity index (χ3v) is 2.24. The first-order valence-corrected chi connectivity index (χ1v) is 5.17. The lowest BCUT2D eigenvalue weighted by atomic mass is 10.2. The van der Waals surface area contributed by atoms with Gasteiger partial charge in [-0.15, -0.1) is 0 Å². The van der Waals surface area contributed by atoms with Crippen molar-refractivity contribution in [1.82, 2.24) is 10.2 Å². The van der Waals surface area contributed by atoms with Crippen molar-refractivity contribution in [2.24, 2.45) is 0 Å². The molecule has 6 heteroatoms. The summed E-state index contributed by atoms with van der Waals surface area (Å²) in [7, 11) is 0. The Morgan fingerprint density at radius 3 is 2.75 bits per heavy atom. The quantitative estimate of drug-likeness (QED) is 0.510. The number of nitrogens with one attached hydrogen (secondary N) is 1. The third kappa shape index (κ3) is 3.30. The Hall–Kier alpha value is -1.43. The van der Waals surface area contributed by atoms with Crippen molar-refractivity contribution in [1.29, 1.82) is 0 Å². The van der Waals surface area contributed by atoms with Crippen molar-refractivity contribution in [2.45, 2.75) is 32.9 Å². The van der Waals surface area contributed by atoms with E-state index in [4.69, 9.17) is 4.74 Å². The molecule has 0 aromatic heterocycles. The second-order valence-electron chi connectivity index (χ2n) is 4.03. The monoisotopic (exact) mass is 228 g/mol. The lowest BCUT2D eigenvalue weighted by Gasteiger charge is -2.30. The summed E-state index contributed by atoms with van der Waals surface area (Å²) in [6.45, 7) is 5.13. The van der Waals surface area contributed by atoms with E-state index in [2.05, 4.69) is 5.32 Å². The highest BCUT2D eigenvalue weighted by Gasteiger charge is 2.31. The van der Waals surface area contributed by atoms with Gasteiger partial charge in [-0.1, -0.05) is 0 Å². The van der Waals surface area contributed by atoms with Crippen LogP contribution < -0.4 is 5.32 Å². The summed E-state index contributed by atoms with van der Waals surface area (Å²) in [4.78, 5) is 35.3. The Morgan fingerprint density at radius 1 is 1.56 bits per heavy atom. The average molecular weight is 228 g/mol. The van der Waals surface area contributed by atoms with Crippen molar-refractivity contribution >= 4 is 17.8 Å². The number of piperazine rings is 1. The molecular formula is C10H16N2O4. The van der Waals surface area contributed by atoms with E-state index in [0.717, 1.165) is 0 Å². The van der Waals surface area contributed by atoms with Crippen molar-refractivity contribution in [2.75, 3.05) is 13.1 Å². The van der Waals surface area contributed by atoms with Gasteiger partial charge >= 0.3 is 5.97 Å². The minimum absolute atomic E-state index is 0.0418. The number of carbonyl (C=O) groups is 3. The van der Waals surface area contributed by atoms with Gasteiger partial charge < -0.3 is 4.74 Å². The van der Waals surface area contributed by atoms with E-state index in [1.807, 2.05) is 0 Å². The Balaban J connectivity index is 2.55. The molecule has 0 aromatic carbocycles. The average Bonchev–Trinajstić information content (AvgIpc) is 2.11. The summed E-state index contributed by atoms with van der Waals surface area (Å²) in [6.07, 6.45) is -0.197. The molecule has 1 aliphatic rings. The molecule has 16 heavy (non-hydrogen) atoms. The fourth-order valence-electron chi connectivity index (χ4n) is 1.43. The maximum atomic E-state index is 11.4. The third-order valence-electron chi connectivity index (χ3n) is 2.24. The summed E-state index contributed by atoms with van der Waals surface area (Å²) < 4.78 is 4.95. The Bertz CT molecular complexity index is 314. The first kappa shape index (κ1) is 12.6. The molecule has 1 aliphatic heterocycles. The van der Waals surface area contributed by atoms with E-state index in [0.29, 0.717) is 0 Å². The summed E-state index contributed by atoms with van der Waals surface area (Å²) in [5.74, 6) is -1.20. The molecule has 1 unspecified atom stereocenters. The van der Waals surface area contributed by atoms with Gasteiger partial charge in [-0.25, -0.2) is 0 Å². The van der Waals surface area contributed by atoms with Crippen LogP contribution in [-0.2, 0) is 19.1 Å². The van der Waals surface area contributed by atoms with Crippen molar-refractivity contribution in [3.05, 3.63) is 0 Å². The molecule has 1 saturated heterocycles. The van der Waals surface area contributed by atoms with Crippen LogP contribution in [0.15, 0.2) is 0 Å². The Kier molecular flexibility index (Phi) is 4.00. The maximum Gasteiger partial charge on any atom is 0.320 e. The normalized spacial score (nSPS) is 22.1. The molecule has 6 nitrogen and oxygen atoms in total. The van der Waals surface area contributed by atoms with Crippen LogP contribution in [0.4, 0.5) is 0 Å². The molecule has 90 valence electrons. The number of amides is 2. The van der Waals surface area contributed by atoms with Gasteiger partial charge in [0.1, 0.15) is 0 Å². The second kappa shape index (κ2) is 5.07. The SMILES string of the molecule is CC(C)OC(=O)CN1CC(=O)NC(=O)C1C. The lowest BCUT2D eigenvalue weighted by Crippen LogP contribution is -2.58. The molecule has 0 saturated carbocycles. The fraction of sp³-hybridized carbons (Fsp3) is 0.700. The van der Waals surface area contributed by atoms with Gasteiger partial charge in [-0.2, -0.15) is 0 Å². The standard InChI is InChI=1S/C10H16N2O4/c1-6(2)16-9(14)5-12-4-8(13)11-10(15)7(12)3/h6-7H,4-5H2,1-3H3,(H,11,13,15). The van der Waals surface area contributed by atoms with E-state index < -0.39 is 12.0 Å². The molecule has 2 amide bonds. The predicted octanol–water partition coefficient (Wildman–Crippen LogP) is -0.715. The lowest BCUT2D eigenvalue weighted by molar-refractivity contribution is -0.151. The van der Waals surface area contributed by atoms with Gasteiger partial charge in [0.15, 0.2) is 0 Å². The highest BCUT2D eigenvalue weighted by atomic mass is 16.5. The number of hydrogen-bond donors (Lipinski definition) is 1. The summed E-state index contributed by atoms with van der Waals surface area (Å²) in [6, 6.07) is -0.489. The van der Waals surface area contributed by atoms with Gasteiger partial charge in [0.05, 0.1) is 25.2 Å². The molecule has 1 N–H and O–H groups in total. The highest BCUT2D eigenvalue weighted by Crippen LogP contribution is 2.05. The fourth-order valence-corrected chi connectivity index (χ4v) is 1.43. The van der Waals surface area contributed by atoms with Crippen LogP contribution in [0.2, 0.25) is 0 Å². The first-order chi connectivity index (χ1) is 7.40. The number of carbonyl (C=O) groups excluding carboxylic acids is 3. The minimum Gasteiger partial charge on any atom is -0.462 e. The zero-order valence-corrected chi connectivity index (χ0v) is 9.65. The smallest absolute Gasteiger partial charge is 0.320 e. The largest absolute Gasteiger partial charge is 0.462 e. The van der Waals surface area contributed by atoms with Gasteiger partial charge in [0.25, 0.3) is 0 Å². The van der Waals surface area contributed by atoms with E-state index in [-0.39, 0.29) is 31.0 Å². The summed E-state index contributed by atoms with van der Waals surface area (Å²) >= 11 is 0. The molecule has 1 rings (SSSR count). The van der Waals surface area contributed by atoms with Crippen LogP contribution in [0.3, 0.4) is 0 Å². The molecule has 0 bridgehead atoms. The number of ether oxygens (including phenoxy) is 1. The van der Waals surface area contributed by atoms with Crippen LogP contribution in [0.25, 0.3) is 0 Å². The number of esters is 1. The molecule has 1 atom stereocenters. The van der Waals surface area contributed by atoms with Gasteiger partial charge in [-0.05, 0) is 20.8 Å². The van der Waals surface area contributed by atoms with Crippen molar-refractivity contribution < 1.29 is 19.1 Å². The second-order valence-corrected chi connectivity index (χ2v) is 4.03. The first-order valence-electron chi connectivity index (χ1n) is 5.17. The Morgan fingerprint density at radius 2 is 2.19 bits per heavy atom. The zero-order valence-electron chi connectivity index (χ0n) is 9.65. The molecule has 0 spiro atoms. The van der Waals surface area contributed by atoms with Crippen LogP contribution in [-0.4, -0.2) is 47.9 Å². The number of nitrogens with zero attached hydrogens (tertiary/aromatic N) is 1. The highest BCUT2D eigenvalue weighted by molar-refractivity contribution is 6.01. The molecular weight excluding hydrogens is 212 g/mol. The number of hydrogen-bond acceptors (Lipinski definition) is 5. The van der Waals surface area contributed by atoms with E-state index in [1.165, 1.54) is 4.90 Å². The summed E-state index contributed by atoms with van der Waals surface area (Å²) in [5, 5.41) is 2.20. The predicted molar refractivity (Wildman–Crippen MR) is 55.4 cm³/mol. The Labute approximate surface area is 93.9 Å². The van der Waals surface area contributed by atoms with E-state index in [1.54, 1.807) is 20.8 Å². The zero-order chi connectivity index (χ0) is 12.3. The number of imide groups is 1. The number of rotatable bonds is 3. The molecule has 0 aliphatic carbocycles. The van der Waals surface area contributed by atoms with E-state index in [9.17, 15) is 14.4 Å². The van der Waals surface area contributed by atoms with Gasteiger partial charge in [-0.3, -0.25) is 24.6 Å².